The standard InChI is InChI=1S/C19H19OP/c20-21(19-13-7-8-14-19,15-17-9-3-1-4-10-17)16-18-11-5-2-6-12-18/h1-13H,14-16H2. The molecule has 0 unspecified atom stereocenters. The number of hydrogen-bond acceptors (Lipinski definition) is 1. The normalized spacial score (nSPS) is 14.2. The lowest BCUT2D eigenvalue weighted by Gasteiger charge is -2.20. The van der Waals surface area contributed by atoms with Crippen LogP contribution in [0, 0.1) is 0 Å². The Hall–Kier alpha value is -1.85. The molecule has 106 valence electrons. The molecule has 2 aromatic carbocycles. The summed E-state index contributed by atoms with van der Waals surface area (Å²) in [6.07, 6.45) is 8.30. The van der Waals surface area contributed by atoms with Gasteiger partial charge in [0, 0.05) is 12.3 Å². The zero-order valence-corrected chi connectivity index (χ0v) is 12.9. The van der Waals surface area contributed by atoms with Crippen molar-refractivity contribution in [3.05, 3.63) is 95.3 Å². The summed E-state index contributed by atoms with van der Waals surface area (Å²) in [5.41, 5.74) is 2.31. The fraction of sp³-hybridized carbons (Fsp3) is 0.158. The third-order valence-corrected chi connectivity index (χ3v) is 6.97. The van der Waals surface area contributed by atoms with Crippen LogP contribution in [0.15, 0.2) is 84.2 Å². The summed E-state index contributed by atoms with van der Waals surface area (Å²) in [5, 5.41) is 1.11. The summed E-state index contributed by atoms with van der Waals surface area (Å²) in [5.74, 6) is 0. The molecule has 1 nitrogen and oxygen atoms in total. The SMILES string of the molecule is O=P(Cc1ccccc1)(Cc1ccccc1)C1=CC=CC1. The van der Waals surface area contributed by atoms with Gasteiger partial charge in [-0.15, -0.1) is 0 Å². The maximum absolute atomic E-state index is 13.6. The molecule has 3 rings (SSSR count). The first-order valence-corrected chi connectivity index (χ1v) is 9.36. The van der Waals surface area contributed by atoms with Gasteiger partial charge in [0.25, 0.3) is 0 Å². The molecule has 0 fully saturated rings. The van der Waals surface area contributed by atoms with Crippen LogP contribution in [-0.2, 0) is 16.9 Å². The molecule has 0 saturated heterocycles. The van der Waals surface area contributed by atoms with Gasteiger partial charge < -0.3 is 4.57 Å². The Morgan fingerprint density at radius 2 is 1.33 bits per heavy atom. The second kappa shape index (κ2) is 6.28. The van der Waals surface area contributed by atoms with Crippen molar-refractivity contribution in [3.63, 3.8) is 0 Å². The minimum absolute atomic E-state index is 0.649. The van der Waals surface area contributed by atoms with Crippen LogP contribution in [-0.4, -0.2) is 0 Å². The van der Waals surface area contributed by atoms with E-state index in [4.69, 9.17) is 0 Å². The maximum atomic E-state index is 13.6. The molecule has 0 radical (unpaired) electrons. The molecule has 0 heterocycles. The minimum Gasteiger partial charge on any atom is -0.318 e. The average molecular weight is 294 g/mol. The summed E-state index contributed by atoms with van der Waals surface area (Å²) < 4.78 is 13.6. The van der Waals surface area contributed by atoms with Crippen LogP contribution in [0.5, 0.6) is 0 Å². The van der Waals surface area contributed by atoms with E-state index in [1.165, 1.54) is 0 Å². The molecule has 0 spiro atoms. The second-order valence-corrected chi connectivity index (χ2v) is 8.45. The van der Waals surface area contributed by atoms with Crippen molar-refractivity contribution < 1.29 is 4.57 Å². The van der Waals surface area contributed by atoms with Gasteiger partial charge in [-0.05, 0) is 22.9 Å². The molecule has 0 aliphatic heterocycles. The van der Waals surface area contributed by atoms with Crippen molar-refractivity contribution in [2.45, 2.75) is 18.7 Å². The summed E-state index contributed by atoms with van der Waals surface area (Å²) in [6, 6.07) is 20.4. The molecular formula is C19H19OP. The van der Waals surface area contributed by atoms with Crippen LogP contribution in [0.1, 0.15) is 17.5 Å². The number of rotatable bonds is 5. The third kappa shape index (κ3) is 3.43. The van der Waals surface area contributed by atoms with Gasteiger partial charge in [0.2, 0.25) is 0 Å². The summed E-state index contributed by atoms with van der Waals surface area (Å²) >= 11 is 0. The van der Waals surface area contributed by atoms with Crippen molar-refractivity contribution in [3.8, 4) is 0 Å². The lowest BCUT2D eigenvalue weighted by atomic mass is 10.2. The van der Waals surface area contributed by atoms with Gasteiger partial charge in [-0.25, -0.2) is 0 Å². The molecule has 0 bridgehead atoms. The van der Waals surface area contributed by atoms with E-state index in [1.54, 1.807) is 0 Å². The van der Waals surface area contributed by atoms with Gasteiger partial charge in [-0.2, -0.15) is 0 Å². The first-order chi connectivity index (χ1) is 10.3. The zero-order chi connectivity index (χ0) is 14.5. The average Bonchev–Trinajstić information content (AvgIpc) is 3.04. The first kappa shape index (κ1) is 14.1. The van der Waals surface area contributed by atoms with Gasteiger partial charge in [-0.3, -0.25) is 0 Å². The van der Waals surface area contributed by atoms with E-state index in [2.05, 4.69) is 30.3 Å². The third-order valence-electron chi connectivity index (χ3n) is 3.84. The molecule has 2 aromatic rings. The monoisotopic (exact) mass is 294 g/mol. The highest BCUT2D eigenvalue weighted by molar-refractivity contribution is 7.66. The van der Waals surface area contributed by atoms with Gasteiger partial charge in [0.05, 0.1) is 0 Å². The van der Waals surface area contributed by atoms with Crippen molar-refractivity contribution in [1.29, 1.82) is 0 Å². The minimum atomic E-state index is -2.41. The van der Waals surface area contributed by atoms with Crippen molar-refractivity contribution in [1.82, 2.24) is 0 Å². The van der Waals surface area contributed by atoms with E-state index in [1.807, 2.05) is 48.6 Å². The Balaban J connectivity index is 1.90. The Labute approximate surface area is 126 Å². The van der Waals surface area contributed by atoms with E-state index < -0.39 is 7.14 Å². The molecule has 1 aliphatic rings. The maximum Gasteiger partial charge on any atom is 0.120 e. The molecule has 1 aliphatic carbocycles. The Morgan fingerprint density at radius 1 is 0.810 bits per heavy atom. The molecular weight excluding hydrogens is 275 g/mol. The van der Waals surface area contributed by atoms with Gasteiger partial charge in [-0.1, -0.05) is 78.9 Å². The predicted molar refractivity (Wildman–Crippen MR) is 89.7 cm³/mol. The van der Waals surface area contributed by atoms with E-state index in [-0.39, 0.29) is 0 Å². The Kier molecular flexibility index (Phi) is 4.22. The van der Waals surface area contributed by atoms with Crippen LogP contribution < -0.4 is 0 Å². The Bertz CT molecular complexity index is 653. The molecule has 0 saturated carbocycles. The van der Waals surface area contributed by atoms with Gasteiger partial charge in [0.1, 0.15) is 7.14 Å². The highest BCUT2D eigenvalue weighted by atomic mass is 31.2. The number of hydrogen-bond donors (Lipinski definition) is 0. The molecule has 0 amide bonds. The lowest BCUT2D eigenvalue weighted by Crippen LogP contribution is -1.96. The topological polar surface area (TPSA) is 17.1 Å². The Morgan fingerprint density at radius 3 is 1.76 bits per heavy atom. The van der Waals surface area contributed by atoms with Gasteiger partial charge in [0.15, 0.2) is 0 Å². The number of allylic oxidation sites excluding steroid dienone is 4. The van der Waals surface area contributed by atoms with Crippen LogP contribution in [0.2, 0.25) is 0 Å². The zero-order valence-electron chi connectivity index (χ0n) is 12.0. The van der Waals surface area contributed by atoms with Crippen LogP contribution in [0.4, 0.5) is 0 Å². The largest absolute Gasteiger partial charge is 0.318 e. The van der Waals surface area contributed by atoms with Crippen LogP contribution in [0.25, 0.3) is 0 Å². The molecule has 21 heavy (non-hydrogen) atoms. The molecule has 0 atom stereocenters. The van der Waals surface area contributed by atoms with Crippen LogP contribution in [0.3, 0.4) is 0 Å². The summed E-state index contributed by atoms with van der Waals surface area (Å²) in [7, 11) is -2.41. The van der Waals surface area contributed by atoms with E-state index in [9.17, 15) is 4.57 Å². The highest BCUT2D eigenvalue weighted by Gasteiger charge is 2.28. The quantitative estimate of drug-likeness (QED) is 0.656. The predicted octanol–water partition coefficient (Wildman–Crippen LogP) is 5.59. The van der Waals surface area contributed by atoms with Crippen molar-refractivity contribution in [2.24, 2.45) is 0 Å². The van der Waals surface area contributed by atoms with E-state index in [0.717, 1.165) is 22.9 Å². The first-order valence-electron chi connectivity index (χ1n) is 7.28. The smallest absolute Gasteiger partial charge is 0.120 e. The molecule has 0 aromatic heterocycles. The fourth-order valence-electron chi connectivity index (χ4n) is 2.75. The molecule has 2 heteroatoms. The molecule has 0 N–H and O–H groups in total. The summed E-state index contributed by atoms with van der Waals surface area (Å²) in [4.78, 5) is 0. The second-order valence-electron chi connectivity index (χ2n) is 5.47. The van der Waals surface area contributed by atoms with Crippen LogP contribution >= 0.6 is 7.14 Å². The van der Waals surface area contributed by atoms with E-state index >= 15 is 0 Å². The van der Waals surface area contributed by atoms with Gasteiger partial charge >= 0.3 is 0 Å². The fourth-order valence-corrected chi connectivity index (χ4v) is 5.67. The lowest BCUT2D eigenvalue weighted by molar-refractivity contribution is 0.577. The highest BCUT2D eigenvalue weighted by Crippen LogP contribution is 2.61. The number of benzene rings is 2. The van der Waals surface area contributed by atoms with Crippen molar-refractivity contribution in [2.75, 3.05) is 0 Å². The van der Waals surface area contributed by atoms with E-state index in [0.29, 0.717) is 12.3 Å². The summed E-state index contributed by atoms with van der Waals surface area (Å²) in [6.45, 7) is 0. The van der Waals surface area contributed by atoms with Crippen molar-refractivity contribution >= 4 is 7.14 Å².